The van der Waals surface area contributed by atoms with Gasteiger partial charge in [-0.2, -0.15) is 0 Å². The number of phenols is 1. The van der Waals surface area contributed by atoms with E-state index < -0.39 is 0 Å². The van der Waals surface area contributed by atoms with Crippen molar-refractivity contribution in [2.45, 2.75) is 64.8 Å². The minimum Gasteiger partial charge on any atom is -0.507 e. The maximum atomic E-state index is 10.6. The zero-order valence-electron chi connectivity index (χ0n) is 13.7. The molecule has 0 aliphatic carbocycles. The van der Waals surface area contributed by atoms with Crippen LogP contribution in [0.1, 0.15) is 70.7 Å². The number of hydrogen-bond acceptors (Lipinski definition) is 3. The fourth-order valence-corrected chi connectivity index (χ4v) is 2.36. The van der Waals surface area contributed by atoms with E-state index in [1.807, 2.05) is 12.1 Å². The van der Waals surface area contributed by atoms with Gasteiger partial charge in [0, 0.05) is 6.04 Å². The van der Waals surface area contributed by atoms with Crippen LogP contribution in [0.4, 0.5) is 0 Å². The molecule has 0 saturated carbocycles. The monoisotopic (exact) mass is 278 g/mol. The van der Waals surface area contributed by atoms with Crippen molar-refractivity contribution in [3.05, 3.63) is 28.8 Å². The summed E-state index contributed by atoms with van der Waals surface area (Å²) >= 11 is 0. The Hall–Kier alpha value is -1.06. The van der Waals surface area contributed by atoms with Crippen LogP contribution < -0.4 is 11.5 Å². The molecule has 1 aromatic carbocycles. The minimum absolute atomic E-state index is 0.0807. The number of nitrogens with two attached hydrogens (primary N) is 2. The van der Waals surface area contributed by atoms with E-state index in [1.54, 1.807) is 0 Å². The van der Waals surface area contributed by atoms with E-state index in [4.69, 9.17) is 11.5 Å². The summed E-state index contributed by atoms with van der Waals surface area (Å²) in [6, 6.07) is 3.98. The average Bonchev–Trinajstić information content (AvgIpc) is 2.26. The van der Waals surface area contributed by atoms with Gasteiger partial charge in [0.05, 0.1) is 0 Å². The Bertz CT molecular complexity index is 432. The molecule has 0 radical (unpaired) electrons. The van der Waals surface area contributed by atoms with Gasteiger partial charge in [-0.15, -0.1) is 0 Å². The molecule has 0 heterocycles. The van der Waals surface area contributed by atoms with Gasteiger partial charge >= 0.3 is 0 Å². The third-order valence-corrected chi connectivity index (χ3v) is 3.65. The molecule has 3 nitrogen and oxygen atoms in total. The number of benzene rings is 1. The van der Waals surface area contributed by atoms with E-state index in [2.05, 4.69) is 41.5 Å². The van der Waals surface area contributed by atoms with Gasteiger partial charge in [-0.05, 0) is 40.5 Å². The first-order chi connectivity index (χ1) is 8.98. The molecule has 0 aromatic heterocycles. The van der Waals surface area contributed by atoms with E-state index in [-0.39, 0.29) is 16.9 Å². The van der Waals surface area contributed by atoms with Crippen LogP contribution in [0.15, 0.2) is 12.1 Å². The Morgan fingerprint density at radius 2 is 1.40 bits per heavy atom. The van der Waals surface area contributed by atoms with Gasteiger partial charge in [0.2, 0.25) is 0 Å². The van der Waals surface area contributed by atoms with Crippen LogP contribution in [-0.2, 0) is 10.8 Å². The number of phenolic OH excluding ortho intramolecular Hbond substituents is 1. The lowest BCUT2D eigenvalue weighted by Crippen LogP contribution is -2.21. The first-order valence-electron chi connectivity index (χ1n) is 7.32. The zero-order chi connectivity index (χ0) is 15.7. The second-order valence-corrected chi connectivity index (χ2v) is 7.65. The fourth-order valence-electron chi connectivity index (χ4n) is 2.36. The van der Waals surface area contributed by atoms with Crippen LogP contribution in [0.2, 0.25) is 0 Å². The van der Waals surface area contributed by atoms with Gasteiger partial charge in [-0.1, -0.05) is 53.7 Å². The predicted molar refractivity (Wildman–Crippen MR) is 86.1 cm³/mol. The van der Waals surface area contributed by atoms with Crippen molar-refractivity contribution in [1.82, 2.24) is 0 Å². The van der Waals surface area contributed by atoms with Crippen LogP contribution in [-0.4, -0.2) is 11.7 Å². The first-order valence-corrected chi connectivity index (χ1v) is 7.32. The lowest BCUT2D eigenvalue weighted by molar-refractivity contribution is 0.422. The summed E-state index contributed by atoms with van der Waals surface area (Å²) < 4.78 is 0. The Morgan fingerprint density at radius 1 is 1.00 bits per heavy atom. The van der Waals surface area contributed by atoms with E-state index in [9.17, 15) is 5.11 Å². The summed E-state index contributed by atoms with van der Waals surface area (Å²) in [6.45, 7) is 13.2. The molecule has 0 amide bonds. The van der Waals surface area contributed by atoms with Crippen LogP contribution in [0.3, 0.4) is 0 Å². The predicted octanol–water partition coefficient (Wildman–Crippen LogP) is 3.34. The quantitative estimate of drug-likeness (QED) is 0.794. The molecule has 0 spiro atoms. The van der Waals surface area contributed by atoms with Gasteiger partial charge in [0.15, 0.2) is 0 Å². The molecule has 114 valence electrons. The van der Waals surface area contributed by atoms with E-state index in [1.165, 1.54) is 0 Å². The number of hydrogen-bond donors (Lipinski definition) is 3. The van der Waals surface area contributed by atoms with E-state index in [0.717, 1.165) is 23.1 Å². The molecule has 5 N–H and O–H groups in total. The van der Waals surface area contributed by atoms with Crippen LogP contribution in [0.5, 0.6) is 5.75 Å². The van der Waals surface area contributed by atoms with Gasteiger partial charge in [0.25, 0.3) is 0 Å². The fraction of sp³-hybridized carbons (Fsp3) is 0.647. The molecule has 20 heavy (non-hydrogen) atoms. The highest BCUT2D eigenvalue weighted by atomic mass is 16.3. The SMILES string of the molecule is CC(C)(C)c1cc([C@@H](N)CCN)cc(C(C)(C)C)c1O. The molecule has 0 saturated heterocycles. The third kappa shape index (κ3) is 3.74. The maximum Gasteiger partial charge on any atom is 0.123 e. The molecular weight excluding hydrogens is 248 g/mol. The van der Waals surface area contributed by atoms with Gasteiger partial charge in [0.1, 0.15) is 5.75 Å². The summed E-state index contributed by atoms with van der Waals surface area (Å²) in [5, 5.41) is 10.6. The summed E-state index contributed by atoms with van der Waals surface area (Å²) in [7, 11) is 0. The topological polar surface area (TPSA) is 72.3 Å². The highest BCUT2D eigenvalue weighted by Gasteiger charge is 2.27. The van der Waals surface area contributed by atoms with E-state index in [0.29, 0.717) is 12.3 Å². The largest absolute Gasteiger partial charge is 0.507 e. The van der Waals surface area contributed by atoms with Gasteiger partial charge < -0.3 is 16.6 Å². The highest BCUT2D eigenvalue weighted by molar-refractivity contribution is 5.50. The van der Waals surface area contributed by atoms with Gasteiger partial charge in [-0.25, -0.2) is 0 Å². The molecule has 0 bridgehead atoms. The number of rotatable bonds is 3. The Kier molecular flexibility index (Phi) is 4.88. The van der Waals surface area contributed by atoms with Crippen LogP contribution in [0.25, 0.3) is 0 Å². The normalized spacial score (nSPS) is 14.4. The zero-order valence-corrected chi connectivity index (χ0v) is 13.7. The molecule has 1 rings (SSSR count). The van der Waals surface area contributed by atoms with Gasteiger partial charge in [-0.3, -0.25) is 0 Å². The van der Waals surface area contributed by atoms with Crippen molar-refractivity contribution >= 4 is 0 Å². The maximum absolute atomic E-state index is 10.6. The van der Waals surface area contributed by atoms with Crippen molar-refractivity contribution in [1.29, 1.82) is 0 Å². The van der Waals surface area contributed by atoms with Crippen molar-refractivity contribution < 1.29 is 5.11 Å². The van der Waals surface area contributed by atoms with Crippen molar-refractivity contribution in [2.75, 3.05) is 6.54 Å². The minimum atomic E-state index is -0.122. The Labute approximate surface area is 123 Å². The molecule has 3 heteroatoms. The smallest absolute Gasteiger partial charge is 0.123 e. The van der Waals surface area contributed by atoms with Crippen molar-refractivity contribution in [2.24, 2.45) is 11.5 Å². The molecule has 0 fully saturated rings. The van der Waals surface area contributed by atoms with Crippen molar-refractivity contribution in [3.63, 3.8) is 0 Å². The Balaban J connectivity index is 3.50. The molecule has 1 atom stereocenters. The van der Waals surface area contributed by atoms with Crippen LogP contribution >= 0.6 is 0 Å². The first kappa shape index (κ1) is 17.0. The molecule has 1 aromatic rings. The third-order valence-electron chi connectivity index (χ3n) is 3.65. The molecule has 0 unspecified atom stereocenters. The molecule has 0 aliphatic rings. The standard InChI is InChI=1S/C17H30N2O/c1-16(2,3)12-9-11(14(19)7-8-18)10-13(15(12)20)17(4,5)6/h9-10,14,20H,7-8,18-19H2,1-6H3/t14-/m0/s1. The second kappa shape index (κ2) is 5.74. The summed E-state index contributed by atoms with van der Waals surface area (Å²) in [6.07, 6.45) is 0.748. The summed E-state index contributed by atoms with van der Waals surface area (Å²) in [5.74, 6) is 0.397. The molecule has 0 aliphatic heterocycles. The van der Waals surface area contributed by atoms with E-state index >= 15 is 0 Å². The summed E-state index contributed by atoms with van der Waals surface area (Å²) in [4.78, 5) is 0. The van der Waals surface area contributed by atoms with Crippen LogP contribution in [0, 0.1) is 0 Å². The average molecular weight is 278 g/mol. The number of aromatic hydroxyl groups is 1. The van der Waals surface area contributed by atoms with Crippen molar-refractivity contribution in [3.8, 4) is 5.75 Å². The Morgan fingerprint density at radius 3 is 1.70 bits per heavy atom. The second-order valence-electron chi connectivity index (χ2n) is 7.65. The summed E-state index contributed by atoms with van der Waals surface area (Å²) in [5.41, 5.74) is 14.5. The molecular formula is C17H30N2O. The lowest BCUT2D eigenvalue weighted by Gasteiger charge is -2.29. The highest BCUT2D eigenvalue weighted by Crippen LogP contribution is 2.40. The lowest BCUT2D eigenvalue weighted by atomic mass is 9.77.